The van der Waals surface area contributed by atoms with Crippen molar-refractivity contribution in [3.63, 3.8) is 0 Å². The number of hydrogen-bond donors (Lipinski definition) is 0. The van der Waals surface area contributed by atoms with Gasteiger partial charge in [0.25, 0.3) is 0 Å². The van der Waals surface area contributed by atoms with E-state index in [-0.39, 0.29) is 5.41 Å². The Labute approximate surface area is 126 Å². The van der Waals surface area contributed by atoms with Gasteiger partial charge in [-0.1, -0.05) is 37.8 Å². The van der Waals surface area contributed by atoms with Gasteiger partial charge < -0.3 is 0 Å². The molecule has 1 saturated carbocycles. The molecule has 1 heterocycles. The lowest BCUT2D eigenvalue weighted by Gasteiger charge is -2.35. The van der Waals surface area contributed by atoms with Gasteiger partial charge in [-0.3, -0.25) is 4.68 Å². The number of aromatic nitrogens is 2. The number of alkyl halides is 1. The molecule has 0 N–H and O–H groups in total. The summed E-state index contributed by atoms with van der Waals surface area (Å²) in [6.07, 6.45) is 8.27. The zero-order valence-electron chi connectivity index (χ0n) is 12.0. The standard InChI is InChI=1S/C15H24Cl2N2/c1-3-12-14(17)13(19(4-2)18-12)10-15(11-16)8-6-5-7-9-15/h3-11H2,1-2H3. The summed E-state index contributed by atoms with van der Waals surface area (Å²) in [4.78, 5) is 0. The minimum absolute atomic E-state index is 0.238. The minimum atomic E-state index is 0.238. The Morgan fingerprint density at radius 2 is 1.89 bits per heavy atom. The summed E-state index contributed by atoms with van der Waals surface area (Å²) in [5.41, 5.74) is 2.46. The Balaban J connectivity index is 2.28. The van der Waals surface area contributed by atoms with Gasteiger partial charge in [0, 0.05) is 12.4 Å². The number of nitrogens with zero attached hydrogens (tertiary/aromatic N) is 2. The fourth-order valence-corrected chi connectivity index (χ4v) is 3.90. The molecule has 1 aromatic rings. The van der Waals surface area contributed by atoms with Crippen LogP contribution in [0.25, 0.3) is 0 Å². The summed E-state index contributed by atoms with van der Waals surface area (Å²) in [5.74, 6) is 0.736. The predicted octanol–water partition coefficient (Wildman–Crippen LogP) is 4.85. The van der Waals surface area contributed by atoms with Gasteiger partial charge in [0.05, 0.1) is 16.4 Å². The Morgan fingerprint density at radius 1 is 1.21 bits per heavy atom. The van der Waals surface area contributed by atoms with Crippen LogP contribution in [0.1, 0.15) is 57.3 Å². The van der Waals surface area contributed by atoms with Crippen LogP contribution >= 0.6 is 23.2 Å². The van der Waals surface area contributed by atoms with Crippen LogP contribution in [0.3, 0.4) is 0 Å². The largest absolute Gasteiger partial charge is 0.268 e. The van der Waals surface area contributed by atoms with Crippen molar-refractivity contribution in [2.45, 2.75) is 65.3 Å². The zero-order valence-corrected chi connectivity index (χ0v) is 13.5. The van der Waals surface area contributed by atoms with Crippen molar-refractivity contribution < 1.29 is 0 Å². The highest BCUT2D eigenvalue weighted by Gasteiger charge is 2.33. The second-order valence-electron chi connectivity index (χ2n) is 5.75. The summed E-state index contributed by atoms with van der Waals surface area (Å²) in [5, 5.41) is 5.49. The summed E-state index contributed by atoms with van der Waals surface area (Å²) >= 11 is 12.8. The molecular weight excluding hydrogens is 279 g/mol. The Morgan fingerprint density at radius 3 is 2.42 bits per heavy atom. The average Bonchev–Trinajstić information content (AvgIpc) is 2.76. The van der Waals surface area contributed by atoms with Crippen molar-refractivity contribution in [3.05, 3.63) is 16.4 Å². The first-order chi connectivity index (χ1) is 9.15. The van der Waals surface area contributed by atoms with Gasteiger partial charge in [0.1, 0.15) is 0 Å². The van der Waals surface area contributed by atoms with Crippen LogP contribution in [0.15, 0.2) is 0 Å². The highest BCUT2D eigenvalue weighted by molar-refractivity contribution is 6.31. The summed E-state index contributed by atoms with van der Waals surface area (Å²) in [6, 6.07) is 0. The van der Waals surface area contributed by atoms with Crippen molar-refractivity contribution in [2.75, 3.05) is 5.88 Å². The maximum absolute atomic E-state index is 6.52. The number of halogens is 2. The van der Waals surface area contributed by atoms with Gasteiger partial charge in [-0.2, -0.15) is 5.10 Å². The zero-order chi connectivity index (χ0) is 13.9. The Bertz CT molecular complexity index is 420. The first kappa shape index (κ1) is 15.2. The van der Waals surface area contributed by atoms with Gasteiger partial charge in [-0.05, 0) is 38.0 Å². The quantitative estimate of drug-likeness (QED) is 0.711. The van der Waals surface area contributed by atoms with E-state index in [2.05, 4.69) is 23.6 Å². The van der Waals surface area contributed by atoms with Gasteiger partial charge in [-0.15, -0.1) is 11.6 Å². The lowest BCUT2D eigenvalue weighted by molar-refractivity contribution is 0.214. The van der Waals surface area contributed by atoms with Crippen LogP contribution in [0.5, 0.6) is 0 Å². The van der Waals surface area contributed by atoms with Crippen LogP contribution in [0, 0.1) is 5.41 Å². The summed E-state index contributed by atoms with van der Waals surface area (Å²) in [6.45, 7) is 5.11. The lowest BCUT2D eigenvalue weighted by atomic mass is 9.72. The van der Waals surface area contributed by atoms with Crippen molar-refractivity contribution in [2.24, 2.45) is 5.41 Å². The topological polar surface area (TPSA) is 17.8 Å². The molecule has 0 amide bonds. The third kappa shape index (κ3) is 3.11. The molecule has 1 aliphatic carbocycles. The maximum atomic E-state index is 6.52. The molecule has 2 nitrogen and oxygen atoms in total. The number of hydrogen-bond acceptors (Lipinski definition) is 1. The maximum Gasteiger partial charge on any atom is 0.0850 e. The molecular formula is C15H24Cl2N2. The van der Waals surface area contributed by atoms with E-state index in [1.807, 2.05) is 0 Å². The van der Waals surface area contributed by atoms with E-state index in [1.54, 1.807) is 0 Å². The minimum Gasteiger partial charge on any atom is -0.268 e. The Hall–Kier alpha value is -0.210. The molecule has 0 bridgehead atoms. The van der Waals surface area contributed by atoms with Crippen molar-refractivity contribution in [1.29, 1.82) is 0 Å². The van der Waals surface area contributed by atoms with Gasteiger partial charge >= 0.3 is 0 Å². The van der Waals surface area contributed by atoms with Gasteiger partial charge in [-0.25, -0.2) is 0 Å². The van der Waals surface area contributed by atoms with Crippen molar-refractivity contribution in [3.8, 4) is 0 Å². The molecule has 0 saturated heterocycles. The van der Waals surface area contributed by atoms with E-state index in [1.165, 1.54) is 37.8 Å². The molecule has 0 radical (unpaired) electrons. The number of rotatable bonds is 5. The fourth-order valence-electron chi connectivity index (χ4n) is 3.20. The summed E-state index contributed by atoms with van der Waals surface area (Å²) < 4.78 is 2.07. The van der Waals surface area contributed by atoms with E-state index in [9.17, 15) is 0 Å². The molecule has 0 unspecified atom stereocenters. The molecule has 1 fully saturated rings. The van der Waals surface area contributed by atoms with Crippen molar-refractivity contribution in [1.82, 2.24) is 9.78 Å². The molecule has 0 aliphatic heterocycles. The fraction of sp³-hybridized carbons (Fsp3) is 0.800. The second-order valence-corrected chi connectivity index (χ2v) is 6.39. The lowest BCUT2D eigenvalue weighted by Crippen LogP contribution is -2.29. The third-order valence-electron chi connectivity index (χ3n) is 4.43. The average molecular weight is 303 g/mol. The van der Waals surface area contributed by atoms with E-state index < -0.39 is 0 Å². The summed E-state index contributed by atoms with van der Waals surface area (Å²) in [7, 11) is 0. The van der Waals surface area contributed by atoms with E-state index >= 15 is 0 Å². The predicted molar refractivity (Wildman–Crippen MR) is 82.2 cm³/mol. The molecule has 2 rings (SSSR count). The Kier molecular flexibility index (Phi) is 5.19. The highest BCUT2D eigenvalue weighted by atomic mass is 35.5. The first-order valence-corrected chi connectivity index (χ1v) is 8.37. The molecule has 0 atom stereocenters. The normalized spacial score (nSPS) is 18.7. The van der Waals surface area contributed by atoms with Crippen LogP contribution < -0.4 is 0 Å². The van der Waals surface area contributed by atoms with Crippen LogP contribution in [-0.4, -0.2) is 15.7 Å². The van der Waals surface area contributed by atoms with Gasteiger partial charge in [0.15, 0.2) is 0 Å². The van der Waals surface area contributed by atoms with Crippen LogP contribution in [-0.2, 0) is 19.4 Å². The molecule has 4 heteroatoms. The van der Waals surface area contributed by atoms with Crippen molar-refractivity contribution >= 4 is 23.2 Å². The second kappa shape index (κ2) is 6.49. The monoisotopic (exact) mass is 302 g/mol. The number of aryl methyl sites for hydroxylation is 2. The highest BCUT2D eigenvalue weighted by Crippen LogP contribution is 2.41. The SMILES string of the molecule is CCc1nn(CC)c(CC2(CCl)CCCCC2)c1Cl. The van der Waals surface area contributed by atoms with Crippen LogP contribution in [0.2, 0.25) is 5.02 Å². The molecule has 108 valence electrons. The molecule has 0 aromatic carbocycles. The first-order valence-electron chi connectivity index (χ1n) is 7.46. The van der Waals surface area contributed by atoms with E-state index in [0.717, 1.165) is 36.0 Å². The molecule has 0 spiro atoms. The van der Waals surface area contributed by atoms with Gasteiger partial charge in [0.2, 0.25) is 0 Å². The smallest absolute Gasteiger partial charge is 0.0850 e. The molecule has 1 aromatic heterocycles. The molecule has 1 aliphatic rings. The third-order valence-corrected chi connectivity index (χ3v) is 5.44. The van der Waals surface area contributed by atoms with E-state index in [4.69, 9.17) is 23.2 Å². The van der Waals surface area contributed by atoms with Crippen LogP contribution in [0.4, 0.5) is 0 Å². The molecule has 19 heavy (non-hydrogen) atoms. The van der Waals surface area contributed by atoms with E-state index in [0.29, 0.717) is 0 Å².